The summed E-state index contributed by atoms with van der Waals surface area (Å²) in [6, 6.07) is 6.80. The summed E-state index contributed by atoms with van der Waals surface area (Å²) in [6.07, 6.45) is -8.41. The van der Waals surface area contributed by atoms with Gasteiger partial charge in [0.05, 0.1) is 28.1 Å². The van der Waals surface area contributed by atoms with Crippen molar-refractivity contribution < 1.29 is 39.5 Å². The zero-order valence-electron chi connectivity index (χ0n) is 16.2. The normalized spacial score (nSPS) is 12.7. The number of sulfone groups is 1. The number of alkyl halides is 6. The molecule has 0 radical (unpaired) electrons. The van der Waals surface area contributed by atoms with Crippen LogP contribution < -0.4 is 10.5 Å². The van der Waals surface area contributed by atoms with Crippen LogP contribution in [0.5, 0.6) is 5.75 Å². The van der Waals surface area contributed by atoms with Crippen LogP contribution in [0.15, 0.2) is 53.6 Å². The van der Waals surface area contributed by atoms with Crippen molar-refractivity contribution in [3.63, 3.8) is 0 Å². The summed E-state index contributed by atoms with van der Waals surface area (Å²) in [5.74, 6) is -1.05. The highest BCUT2D eigenvalue weighted by molar-refractivity contribution is 7.91. The van der Waals surface area contributed by atoms with Gasteiger partial charge in [-0.25, -0.2) is 13.1 Å². The molecule has 0 aliphatic rings. The molecule has 0 saturated heterocycles. The van der Waals surface area contributed by atoms with Crippen molar-refractivity contribution in [2.75, 3.05) is 11.5 Å². The number of nitrogens with two attached hydrogens (primary N) is 1. The summed E-state index contributed by atoms with van der Waals surface area (Å²) in [5, 5.41) is 3.98. The van der Waals surface area contributed by atoms with Crippen molar-refractivity contribution >= 4 is 15.7 Å². The Balaban J connectivity index is 2.08. The van der Waals surface area contributed by atoms with Gasteiger partial charge < -0.3 is 10.5 Å². The van der Waals surface area contributed by atoms with Gasteiger partial charge in [-0.2, -0.15) is 18.3 Å². The van der Waals surface area contributed by atoms with Gasteiger partial charge in [-0.15, -0.1) is 13.2 Å². The number of nitrogens with zero attached hydrogens (tertiary/aromatic N) is 2. The molecule has 2 aromatic carbocycles. The first-order valence-electron chi connectivity index (χ1n) is 8.87. The van der Waals surface area contributed by atoms with Gasteiger partial charge in [-0.05, 0) is 35.9 Å². The minimum Gasteiger partial charge on any atom is -0.406 e. The number of benzene rings is 2. The molecule has 32 heavy (non-hydrogen) atoms. The molecule has 6 nitrogen and oxygen atoms in total. The number of hydrogen-bond donors (Lipinski definition) is 1. The van der Waals surface area contributed by atoms with E-state index in [0.29, 0.717) is 17.7 Å². The molecule has 0 aliphatic heterocycles. The summed E-state index contributed by atoms with van der Waals surface area (Å²) in [4.78, 5) is -0.606. The molecule has 0 aliphatic carbocycles. The summed E-state index contributed by atoms with van der Waals surface area (Å²) in [7, 11) is -4.09. The Hall–Kier alpha value is -3.22. The third-order valence-corrected chi connectivity index (χ3v) is 6.19. The van der Waals surface area contributed by atoms with Crippen LogP contribution in [0.25, 0.3) is 16.8 Å². The lowest BCUT2D eigenvalue weighted by atomic mass is 10.1. The summed E-state index contributed by atoms with van der Waals surface area (Å²) < 4.78 is 106. The molecule has 2 N–H and O–H groups in total. The van der Waals surface area contributed by atoms with Crippen LogP contribution in [-0.2, 0) is 16.0 Å². The van der Waals surface area contributed by atoms with E-state index >= 15 is 0 Å². The predicted octanol–water partition coefficient (Wildman–Crippen LogP) is 4.83. The highest BCUT2D eigenvalue weighted by Crippen LogP contribution is 2.36. The van der Waals surface area contributed by atoms with E-state index in [1.165, 1.54) is 25.3 Å². The Morgan fingerprint density at radius 1 is 1.03 bits per heavy atom. The topological polar surface area (TPSA) is 87.2 Å². The molecule has 0 fully saturated rings. The number of anilines is 1. The van der Waals surface area contributed by atoms with E-state index in [-0.39, 0.29) is 17.1 Å². The van der Waals surface area contributed by atoms with Crippen LogP contribution in [0.4, 0.5) is 32.2 Å². The smallest absolute Gasteiger partial charge is 0.406 e. The van der Waals surface area contributed by atoms with Gasteiger partial charge in [0.1, 0.15) is 11.6 Å². The molecular weight excluding hydrogens is 464 g/mol. The molecule has 172 valence electrons. The van der Waals surface area contributed by atoms with Gasteiger partial charge in [-0.1, -0.05) is 19.1 Å². The molecule has 1 heterocycles. The van der Waals surface area contributed by atoms with E-state index < -0.39 is 44.3 Å². The Kier molecular flexibility index (Phi) is 5.89. The fraction of sp³-hybridized carbons (Fsp3) is 0.211. The maximum absolute atomic E-state index is 13.1. The zero-order valence-corrected chi connectivity index (χ0v) is 17.0. The largest absolute Gasteiger partial charge is 0.573 e. The predicted molar refractivity (Wildman–Crippen MR) is 103 cm³/mol. The first-order valence-corrected chi connectivity index (χ1v) is 10.5. The molecule has 0 atom stereocenters. The summed E-state index contributed by atoms with van der Waals surface area (Å²) in [5.41, 5.74) is 5.26. The van der Waals surface area contributed by atoms with E-state index in [2.05, 4.69) is 9.84 Å². The third-order valence-electron chi connectivity index (χ3n) is 4.44. The highest BCUT2D eigenvalue weighted by Gasteiger charge is 2.33. The van der Waals surface area contributed by atoms with Gasteiger partial charge in [0.2, 0.25) is 0 Å². The monoisotopic (exact) mass is 479 g/mol. The van der Waals surface area contributed by atoms with Crippen molar-refractivity contribution in [1.82, 2.24) is 9.78 Å². The van der Waals surface area contributed by atoms with Crippen molar-refractivity contribution in [2.45, 2.75) is 24.4 Å². The molecular formula is C19H15F6N3O3S. The van der Waals surface area contributed by atoms with Crippen molar-refractivity contribution in [3.05, 3.63) is 54.2 Å². The van der Waals surface area contributed by atoms with E-state index in [1.807, 2.05) is 0 Å². The SMILES string of the molecule is CCS(=O)(=O)c1cc(C(F)(F)F)ccc1-n1ncc(-c2ccc(OC(F)(F)F)cc2)c1N. The first kappa shape index (κ1) is 23.4. The van der Waals surface area contributed by atoms with Crippen LogP contribution in [-0.4, -0.2) is 30.3 Å². The lowest BCUT2D eigenvalue weighted by Gasteiger charge is -2.14. The van der Waals surface area contributed by atoms with E-state index in [9.17, 15) is 34.8 Å². The fourth-order valence-corrected chi connectivity index (χ4v) is 3.97. The minimum absolute atomic E-state index is 0.123. The van der Waals surface area contributed by atoms with Crippen molar-refractivity contribution in [2.24, 2.45) is 0 Å². The number of nitrogen functional groups attached to an aromatic ring is 1. The molecule has 0 amide bonds. The molecule has 0 saturated carbocycles. The Bertz CT molecular complexity index is 1230. The number of rotatable bonds is 5. The molecule has 0 bridgehead atoms. The van der Waals surface area contributed by atoms with Gasteiger partial charge in [0.15, 0.2) is 9.84 Å². The quantitative estimate of drug-likeness (QED) is 0.530. The van der Waals surface area contributed by atoms with Crippen LogP contribution in [0, 0.1) is 0 Å². The van der Waals surface area contributed by atoms with E-state index in [1.54, 1.807) is 0 Å². The number of hydrogen-bond acceptors (Lipinski definition) is 5. The maximum Gasteiger partial charge on any atom is 0.573 e. The summed E-state index contributed by atoms with van der Waals surface area (Å²) in [6.45, 7) is 1.28. The lowest BCUT2D eigenvalue weighted by molar-refractivity contribution is -0.274. The first-order chi connectivity index (χ1) is 14.7. The molecule has 1 aromatic heterocycles. The van der Waals surface area contributed by atoms with Crippen molar-refractivity contribution in [1.29, 1.82) is 0 Å². The van der Waals surface area contributed by atoms with Crippen LogP contribution in [0.3, 0.4) is 0 Å². The van der Waals surface area contributed by atoms with Gasteiger partial charge in [-0.3, -0.25) is 0 Å². The standard InChI is InChI=1S/C19H15F6N3O3S/c1-2-32(29,30)16-9-12(18(20,21)22)5-8-15(16)28-17(26)14(10-27-28)11-3-6-13(7-4-11)31-19(23,24)25/h3-10H,2,26H2,1H3. The second-order valence-corrected chi connectivity index (χ2v) is 8.76. The Labute approximate surface area is 178 Å². The molecule has 0 unspecified atom stereocenters. The van der Waals surface area contributed by atoms with Crippen molar-refractivity contribution in [3.8, 4) is 22.6 Å². The molecule has 13 heteroatoms. The number of aromatic nitrogens is 2. The molecule has 0 spiro atoms. The average Bonchev–Trinajstić information content (AvgIpc) is 3.07. The van der Waals surface area contributed by atoms with Crippen LogP contribution in [0.1, 0.15) is 12.5 Å². The fourth-order valence-electron chi connectivity index (χ4n) is 2.88. The highest BCUT2D eigenvalue weighted by atomic mass is 32.2. The third kappa shape index (κ3) is 4.82. The second kappa shape index (κ2) is 8.04. The average molecular weight is 479 g/mol. The van der Waals surface area contributed by atoms with E-state index in [4.69, 9.17) is 5.73 Å². The molecule has 3 aromatic rings. The number of ether oxygens (including phenoxy) is 1. The van der Waals surface area contributed by atoms with Gasteiger partial charge >= 0.3 is 12.5 Å². The van der Waals surface area contributed by atoms with Crippen LogP contribution in [0.2, 0.25) is 0 Å². The Morgan fingerprint density at radius 3 is 2.19 bits per heavy atom. The maximum atomic E-state index is 13.1. The Morgan fingerprint density at radius 2 is 1.66 bits per heavy atom. The van der Waals surface area contributed by atoms with Crippen LogP contribution >= 0.6 is 0 Å². The molecule has 3 rings (SSSR count). The minimum atomic E-state index is -4.87. The number of halogens is 6. The van der Waals surface area contributed by atoms with Gasteiger partial charge in [0, 0.05) is 5.56 Å². The zero-order chi connectivity index (χ0) is 23.9. The second-order valence-electron chi connectivity index (χ2n) is 6.51. The van der Waals surface area contributed by atoms with Gasteiger partial charge in [0.25, 0.3) is 0 Å². The summed E-state index contributed by atoms with van der Waals surface area (Å²) >= 11 is 0. The lowest BCUT2D eigenvalue weighted by Crippen LogP contribution is -2.16. The van der Waals surface area contributed by atoms with E-state index in [0.717, 1.165) is 22.9 Å².